The third-order valence-electron chi connectivity index (χ3n) is 6.64. The van der Waals surface area contributed by atoms with Crippen molar-refractivity contribution in [2.75, 3.05) is 20.8 Å². The number of ether oxygens (including phenoxy) is 2. The van der Waals surface area contributed by atoms with Crippen LogP contribution in [-0.4, -0.2) is 42.5 Å². The van der Waals surface area contributed by atoms with Gasteiger partial charge in [-0.15, -0.1) is 0 Å². The monoisotopic (exact) mass is 485 g/mol. The molecule has 1 atom stereocenters. The van der Waals surface area contributed by atoms with E-state index in [1.807, 2.05) is 81.4 Å². The van der Waals surface area contributed by atoms with Crippen LogP contribution >= 0.6 is 0 Å². The Kier molecular flexibility index (Phi) is 7.15. The number of rotatable bonds is 7. The number of aliphatic hydroxyl groups is 1. The minimum atomic E-state index is -0.690. The summed E-state index contributed by atoms with van der Waals surface area (Å²) in [5, 5.41) is 11.4. The number of likely N-dealkylation sites (tertiary alicyclic amines) is 1. The third-order valence-corrected chi connectivity index (χ3v) is 6.64. The first kappa shape index (κ1) is 25.0. The fourth-order valence-electron chi connectivity index (χ4n) is 4.72. The molecule has 0 aliphatic carbocycles. The van der Waals surface area contributed by atoms with Crippen LogP contribution in [0.4, 0.5) is 0 Å². The van der Waals surface area contributed by atoms with Gasteiger partial charge in [0.2, 0.25) is 0 Å². The molecule has 1 heterocycles. The molecule has 36 heavy (non-hydrogen) atoms. The Labute approximate surface area is 211 Å². The molecule has 0 radical (unpaired) electrons. The number of nitrogens with zero attached hydrogens (tertiary/aromatic N) is 1. The first-order chi connectivity index (χ1) is 17.2. The van der Waals surface area contributed by atoms with Gasteiger partial charge in [0.1, 0.15) is 5.76 Å². The maximum absolute atomic E-state index is 13.3. The number of aryl methyl sites for hydroxylation is 3. The predicted molar refractivity (Wildman–Crippen MR) is 139 cm³/mol. The van der Waals surface area contributed by atoms with Crippen molar-refractivity contribution >= 4 is 17.4 Å². The fourth-order valence-corrected chi connectivity index (χ4v) is 4.72. The quantitative estimate of drug-likeness (QED) is 0.279. The van der Waals surface area contributed by atoms with E-state index in [2.05, 4.69) is 0 Å². The van der Waals surface area contributed by atoms with Gasteiger partial charge in [0, 0.05) is 12.1 Å². The zero-order valence-corrected chi connectivity index (χ0v) is 21.3. The summed E-state index contributed by atoms with van der Waals surface area (Å²) in [6, 6.07) is 18.3. The second-order valence-electron chi connectivity index (χ2n) is 9.16. The summed E-state index contributed by atoms with van der Waals surface area (Å²) in [4.78, 5) is 28.2. The topological polar surface area (TPSA) is 76.1 Å². The van der Waals surface area contributed by atoms with E-state index in [0.29, 0.717) is 30.0 Å². The Morgan fingerprint density at radius 2 is 1.61 bits per heavy atom. The van der Waals surface area contributed by atoms with E-state index >= 15 is 0 Å². The molecule has 0 bridgehead atoms. The number of methoxy groups -OCH3 is 2. The maximum Gasteiger partial charge on any atom is 0.295 e. The van der Waals surface area contributed by atoms with Crippen molar-refractivity contribution < 1.29 is 24.2 Å². The molecule has 186 valence electrons. The first-order valence-electron chi connectivity index (χ1n) is 11.9. The number of hydrogen-bond acceptors (Lipinski definition) is 5. The zero-order chi connectivity index (χ0) is 26.0. The molecule has 6 nitrogen and oxygen atoms in total. The fraction of sp³-hybridized carbons (Fsp3) is 0.267. The minimum absolute atomic E-state index is 0.117. The van der Waals surface area contributed by atoms with E-state index in [0.717, 1.165) is 27.8 Å². The molecule has 1 unspecified atom stereocenters. The molecule has 1 aliphatic rings. The lowest BCUT2D eigenvalue weighted by Gasteiger charge is -2.26. The highest BCUT2D eigenvalue weighted by Crippen LogP contribution is 2.40. The van der Waals surface area contributed by atoms with E-state index in [9.17, 15) is 14.7 Å². The molecule has 1 saturated heterocycles. The third kappa shape index (κ3) is 4.71. The van der Waals surface area contributed by atoms with Gasteiger partial charge < -0.3 is 19.5 Å². The number of carbonyl (C=O) groups excluding carboxylic acids is 2. The second kappa shape index (κ2) is 10.3. The number of Topliss-reactive ketones (excluding diaryl/α,β-unsaturated/α-hetero) is 1. The van der Waals surface area contributed by atoms with Crippen LogP contribution < -0.4 is 9.47 Å². The molecular weight excluding hydrogens is 454 g/mol. The van der Waals surface area contributed by atoms with Crippen molar-refractivity contribution in [3.8, 4) is 11.5 Å². The molecule has 3 aromatic rings. The number of hydrogen-bond donors (Lipinski definition) is 1. The summed E-state index contributed by atoms with van der Waals surface area (Å²) in [6.07, 6.45) is 0.499. The van der Waals surface area contributed by atoms with Gasteiger partial charge in [-0.05, 0) is 62.1 Å². The van der Waals surface area contributed by atoms with E-state index in [4.69, 9.17) is 9.47 Å². The van der Waals surface area contributed by atoms with Crippen molar-refractivity contribution in [2.24, 2.45) is 0 Å². The Morgan fingerprint density at radius 1 is 0.889 bits per heavy atom. The number of benzene rings is 3. The smallest absolute Gasteiger partial charge is 0.295 e. The summed E-state index contributed by atoms with van der Waals surface area (Å²) in [6.45, 7) is 6.06. The van der Waals surface area contributed by atoms with E-state index in [-0.39, 0.29) is 11.3 Å². The molecule has 1 aliphatic heterocycles. The van der Waals surface area contributed by atoms with Crippen LogP contribution in [0.25, 0.3) is 5.76 Å². The van der Waals surface area contributed by atoms with Gasteiger partial charge in [-0.1, -0.05) is 53.6 Å². The van der Waals surface area contributed by atoms with Crippen LogP contribution in [0.15, 0.2) is 66.2 Å². The average Bonchev–Trinajstić information content (AvgIpc) is 3.13. The molecule has 1 N–H and O–H groups in total. The average molecular weight is 486 g/mol. The number of aliphatic hydroxyl groups excluding tert-OH is 1. The number of amides is 1. The lowest BCUT2D eigenvalue weighted by molar-refractivity contribution is -0.139. The second-order valence-corrected chi connectivity index (χ2v) is 9.16. The molecule has 0 aromatic heterocycles. The highest BCUT2D eigenvalue weighted by atomic mass is 16.5. The molecule has 4 rings (SSSR count). The summed E-state index contributed by atoms with van der Waals surface area (Å²) in [5.41, 5.74) is 5.19. The van der Waals surface area contributed by atoms with Gasteiger partial charge in [-0.25, -0.2) is 0 Å². The van der Waals surface area contributed by atoms with Crippen LogP contribution in [0, 0.1) is 20.8 Å². The van der Waals surface area contributed by atoms with Gasteiger partial charge in [-0.2, -0.15) is 0 Å². The Balaban J connectivity index is 1.78. The highest BCUT2D eigenvalue weighted by molar-refractivity contribution is 6.46. The van der Waals surface area contributed by atoms with E-state index in [1.54, 1.807) is 19.1 Å². The zero-order valence-electron chi connectivity index (χ0n) is 21.3. The Morgan fingerprint density at radius 3 is 2.31 bits per heavy atom. The molecule has 3 aromatic carbocycles. The molecule has 0 spiro atoms. The number of ketones is 1. The van der Waals surface area contributed by atoms with Crippen LogP contribution in [0.2, 0.25) is 0 Å². The first-order valence-corrected chi connectivity index (χ1v) is 11.9. The van der Waals surface area contributed by atoms with Gasteiger partial charge in [-0.3, -0.25) is 9.59 Å². The van der Waals surface area contributed by atoms with Gasteiger partial charge in [0.25, 0.3) is 11.7 Å². The lowest BCUT2D eigenvalue weighted by atomic mass is 9.92. The molecule has 0 saturated carbocycles. The van der Waals surface area contributed by atoms with Crippen LogP contribution in [0.5, 0.6) is 11.5 Å². The van der Waals surface area contributed by atoms with Crippen molar-refractivity contribution in [2.45, 2.75) is 33.2 Å². The van der Waals surface area contributed by atoms with Crippen molar-refractivity contribution in [1.29, 1.82) is 0 Å². The van der Waals surface area contributed by atoms with Crippen LogP contribution in [-0.2, 0) is 16.0 Å². The van der Waals surface area contributed by atoms with Gasteiger partial charge >= 0.3 is 0 Å². The standard InChI is InChI=1S/C30H31NO5/c1-18-7-6-8-22(15-18)27-26(28(32)23-16-19(2)9-10-20(23)3)29(33)30(34)31(27)14-13-21-11-12-24(35-4)25(17-21)36-5/h6-12,15-17,27,32H,13-14H2,1-5H3/b28-26+. The normalized spacial score (nSPS) is 16.9. The maximum atomic E-state index is 13.3. The van der Waals surface area contributed by atoms with Crippen molar-refractivity contribution in [3.63, 3.8) is 0 Å². The summed E-state index contributed by atoms with van der Waals surface area (Å²) >= 11 is 0. The van der Waals surface area contributed by atoms with Crippen molar-refractivity contribution in [3.05, 3.63) is 99.6 Å². The predicted octanol–water partition coefficient (Wildman–Crippen LogP) is 5.29. The molecule has 1 fully saturated rings. The highest BCUT2D eigenvalue weighted by Gasteiger charge is 2.46. The van der Waals surface area contributed by atoms with Crippen molar-refractivity contribution in [1.82, 2.24) is 4.90 Å². The summed E-state index contributed by atoms with van der Waals surface area (Å²) in [5.74, 6) is -0.215. The molecular formula is C30H31NO5. The largest absolute Gasteiger partial charge is 0.507 e. The number of carbonyl (C=O) groups is 2. The van der Waals surface area contributed by atoms with Gasteiger partial charge in [0.15, 0.2) is 11.5 Å². The van der Waals surface area contributed by atoms with Crippen LogP contribution in [0.1, 0.15) is 39.4 Å². The van der Waals surface area contributed by atoms with E-state index in [1.165, 1.54) is 0 Å². The molecule has 6 heteroatoms. The minimum Gasteiger partial charge on any atom is -0.507 e. The SMILES string of the molecule is COc1ccc(CCN2C(=O)C(=O)/C(=C(/O)c3cc(C)ccc3C)C2c2cccc(C)c2)cc1OC. The van der Waals surface area contributed by atoms with E-state index < -0.39 is 17.7 Å². The van der Waals surface area contributed by atoms with Crippen LogP contribution in [0.3, 0.4) is 0 Å². The van der Waals surface area contributed by atoms with Gasteiger partial charge in [0.05, 0.1) is 25.8 Å². The molecule has 1 amide bonds. The Bertz CT molecular complexity index is 1360. The Hall–Kier alpha value is -4.06. The lowest BCUT2D eigenvalue weighted by Crippen LogP contribution is -2.31. The summed E-state index contributed by atoms with van der Waals surface area (Å²) in [7, 11) is 3.15. The summed E-state index contributed by atoms with van der Waals surface area (Å²) < 4.78 is 10.7.